The second-order valence-corrected chi connectivity index (χ2v) is 5.56. The lowest BCUT2D eigenvalue weighted by Crippen LogP contribution is -2.32. The highest BCUT2D eigenvalue weighted by Crippen LogP contribution is 2.15. The standard InChI is InChI=1S/C13H20BrN3O2/c1-8(2)11(18)6-7-15-13(19)17-10-4-5-12(14)16-9(10)3/h4-5,8,11,18H,6-7H2,1-3H3,(H2,15,17,19). The van der Waals surface area contributed by atoms with E-state index < -0.39 is 6.10 Å². The molecule has 0 aliphatic rings. The van der Waals surface area contributed by atoms with Crippen molar-refractivity contribution in [3.8, 4) is 0 Å². The lowest BCUT2D eigenvalue weighted by atomic mass is 10.0. The molecule has 6 heteroatoms. The number of nitrogens with one attached hydrogen (secondary N) is 2. The molecule has 0 spiro atoms. The van der Waals surface area contributed by atoms with Gasteiger partial charge in [0.1, 0.15) is 4.60 Å². The zero-order chi connectivity index (χ0) is 14.4. The van der Waals surface area contributed by atoms with Crippen molar-refractivity contribution in [1.29, 1.82) is 0 Å². The molecule has 0 aromatic carbocycles. The lowest BCUT2D eigenvalue weighted by molar-refractivity contribution is 0.117. The van der Waals surface area contributed by atoms with Gasteiger partial charge in [0.15, 0.2) is 0 Å². The first kappa shape index (κ1) is 15.9. The van der Waals surface area contributed by atoms with Gasteiger partial charge in [0.25, 0.3) is 0 Å². The number of nitrogens with zero attached hydrogens (tertiary/aromatic N) is 1. The molecule has 0 aliphatic carbocycles. The summed E-state index contributed by atoms with van der Waals surface area (Å²) in [4.78, 5) is 15.9. The Morgan fingerprint density at radius 2 is 2.16 bits per heavy atom. The number of hydrogen-bond donors (Lipinski definition) is 3. The van der Waals surface area contributed by atoms with Gasteiger partial charge in [-0.2, -0.15) is 0 Å². The van der Waals surface area contributed by atoms with Gasteiger partial charge in [0, 0.05) is 6.54 Å². The molecule has 1 aromatic rings. The maximum atomic E-state index is 11.7. The SMILES string of the molecule is Cc1nc(Br)ccc1NC(=O)NCCC(O)C(C)C. The van der Waals surface area contributed by atoms with Crippen LogP contribution in [0.15, 0.2) is 16.7 Å². The highest BCUT2D eigenvalue weighted by molar-refractivity contribution is 9.10. The normalized spacial score (nSPS) is 12.3. The Kier molecular flexibility index (Phi) is 6.24. The number of amides is 2. The van der Waals surface area contributed by atoms with Crippen molar-refractivity contribution in [2.45, 2.75) is 33.3 Å². The van der Waals surface area contributed by atoms with Crippen molar-refractivity contribution in [2.75, 3.05) is 11.9 Å². The number of hydrogen-bond acceptors (Lipinski definition) is 3. The summed E-state index contributed by atoms with van der Waals surface area (Å²) >= 11 is 3.27. The van der Waals surface area contributed by atoms with E-state index in [0.29, 0.717) is 18.7 Å². The van der Waals surface area contributed by atoms with Gasteiger partial charge in [-0.1, -0.05) is 13.8 Å². The van der Waals surface area contributed by atoms with Gasteiger partial charge in [-0.05, 0) is 47.3 Å². The van der Waals surface area contributed by atoms with Crippen molar-refractivity contribution >= 4 is 27.6 Å². The van der Waals surface area contributed by atoms with Crippen LogP contribution in [0.1, 0.15) is 26.0 Å². The molecular formula is C13H20BrN3O2. The largest absolute Gasteiger partial charge is 0.393 e. The number of urea groups is 1. The predicted octanol–water partition coefficient (Wildman–Crippen LogP) is 2.68. The molecule has 0 aliphatic heterocycles. The maximum absolute atomic E-state index is 11.7. The number of pyridine rings is 1. The topological polar surface area (TPSA) is 74.2 Å². The molecule has 0 saturated heterocycles. The molecule has 3 N–H and O–H groups in total. The van der Waals surface area contributed by atoms with E-state index in [2.05, 4.69) is 31.5 Å². The summed E-state index contributed by atoms with van der Waals surface area (Å²) in [7, 11) is 0. The van der Waals surface area contributed by atoms with Crippen molar-refractivity contribution in [2.24, 2.45) is 5.92 Å². The molecule has 0 saturated carbocycles. The van der Waals surface area contributed by atoms with Crippen molar-refractivity contribution in [1.82, 2.24) is 10.3 Å². The lowest BCUT2D eigenvalue weighted by Gasteiger charge is -2.15. The first-order valence-corrected chi connectivity index (χ1v) is 7.05. The molecule has 0 radical (unpaired) electrons. The van der Waals surface area contributed by atoms with Crippen LogP contribution in [0.2, 0.25) is 0 Å². The number of carbonyl (C=O) groups is 1. The Labute approximate surface area is 121 Å². The summed E-state index contributed by atoms with van der Waals surface area (Å²) in [5.41, 5.74) is 1.41. The fraction of sp³-hybridized carbons (Fsp3) is 0.538. The van der Waals surface area contributed by atoms with Gasteiger partial charge in [-0.25, -0.2) is 9.78 Å². The van der Waals surface area contributed by atoms with Gasteiger partial charge in [-0.15, -0.1) is 0 Å². The van der Waals surface area contributed by atoms with E-state index in [1.165, 1.54) is 0 Å². The number of aliphatic hydroxyl groups excluding tert-OH is 1. The second-order valence-electron chi connectivity index (χ2n) is 4.75. The molecule has 106 valence electrons. The zero-order valence-electron chi connectivity index (χ0n) is 11.4. The predicted molar refractivity (Wildman–Crippen MR) is 79.2 cm³/mol. The van der Waals surface area contributed by atoms with Gasteiger partial charge in [-0.3, -0.25) is 0 Å². The minimum Gasteiger partial charge on any atom is -0.393 e. The van der Waals surface area contributed by atoms with E-state index >= 15 is 0 Å². The molecule has 19 heavy (non-hydrogen) atoms. The van der Waals surface area contributed by atoms with Crippen LogP contribution in [-0.4, -0.2) is 28.8 Å². The Morgan fingerprint density at radius 3 is 2.74 bits per heavy atom. The number of carbonyl (C=O) groups excluding carboxylic acids is 1. The average Bonchev–Trinajstić information content (AvgIpc) is 2.32. The van der Waals surface area contributed by atoms with Gasteiger partial charge in [0.05, 0.1) is 17.5 Å². The van der Waals surface area contributed by atoms with E-state index in [0.717, 1.165) is 10.3 Å². The number of anilines is 1. The van der Waals surface area contributed by atoms with E-state index in [-0.39, 0.29) is 11.9 Å². The quantitative estimate of drug-likeness (QED) is 0.727. The Morgan fingerprint density at radius 1 is 1.47 bits per heavy atom. The Bertz CT molecular complexity index is 438. The summed E-state index contributed by atoms with van der Waals surface area (Å²) < 4.78 is 0.732. The highest BCUT2D eigenvalue weighted by Gasteiger charge is 2.10. The van der Waals surface area contributed by atoms with Crippen LogP contribution < -0.4 is 10.6 Å². The van der Waals surface area contributed by atoms with Crippen LogP contribution in [0.25, 0.3) is 0 Å². The maximum Gasteiger partial charge on any atom is 0.319 e. The molecule has 0 fully saturated rings. The van der Waals surface area contributed by atoms with Crippen LogP contribution in [-0.2, 0) is 0 Å². The molecule has 1 atom stereocenters. The number of aromatic nitrogens is 1. The average molecular weight is 330 g/mol. The third-order valence-corrected chi connectivity index (χ3v) is 3.24. The van der Waals surface area contributed by atoms with Crippen molar-refractivity contribution in [3.63, 3.8) is 0 Å². The first-order chi connectivity index (χ1) is 8.90. The summed E-state index contributed by atoms with van der Waals surface area (Å²) in [5.74, 6) is 0.197. The van der Waals surface area contributed by atoms with Gasteiger partial charge < -0.3 is 15.7 Å². The third kappa shape index (κ3) is 5.57. The fourth-order valence-electron chi connectivity index (χ4n) is 1.50. The van der Waals surface area contributed by atoms with Crippen LogP contribution in [0.5, 0.6) is 0 Å². The number of aryl methyl sites for hydroxylation is 1. The molecule has 1 aromatic heterocycles. The smallest absolute Gasteiger partial charge is 0.319 e. The second kappa shape index (κ2) is 7.45. The van der Waals surface area contributed by atoms with Crippen LogP contribution in [0, 0.1) is 12.8 Å². The summed E-state index contributed by atoms with van der Waals surface area (Å²) in [6.07, 6.45) is 0.152. The van der Waals surface area contributed by atoms with Crippen LogP contribution >= 0.6 is 15.9 Å². The monoisotopic (exact) mass is 329 g/mol. The highest BCUT2D eigenvalue weighted by atomic mass is 79.9. The molecule has 2 amide bonds. The molecule has 0 bridgehead atoms. The van der Waals surface area contributed by atoms with E-state index in [1.54, 1.807) is 12.1 Å². The fourth-order valence-corrected chi connectivity index (χ4v) is 1.89. The molecular weight excluding hydrogens is 310 g/mol. The third-order valence-electron chi connectivity index (χ3n) is 2.80. The number of aliphatic hydroxyl groups is 1. The Balaban J connectivity index is 2.39. The molecule has 5 nitrogen and oxygen atoms in total. The van der Waals surface area contributed by atoms with E-state index in [9.17, 15) is 9.90 Å². The minimum atomic E-state index is -0.392. The first-order valence-electron chi connectivity index (χ1n) is 6.26. The zero-order valence-corrected chi connectivity index (χ0v) is 13.0. The van der Waals surface area contributed by atoms with E-state index in [4.69, 9.17) is 0 Å². The number of rotatable bonds is 5. The van der Waals surface area contributed by atoms with Crippen LogP contribution in [0.3, 0.4) is 0 Å². The molecule has 1 heterocycles. The summed E-state index contributed by atoms with van der Waals surface area (Å²) in [5, 5.41) is 15.1. The number of halogens is 1. The summed E-state index contributed by atoms with van der Waals surface area (Å²) in [6, 6.07) is 3.27. The summed E-state index contributed by atoms with van der Waals surface area (Å²) in [6.45, 7) is 6.15. The van der Waals surface area contributed by atoms with Gasteiger partial charge >= 0.3 is 6.03 Å². The van der Waals surface area contributed by atoms with Gasteiger partial charge in [0.2, 0.25) is 0 Å². The Hall–Kier alpha value is -1.14. The van der Waals surface area contributed by atoms with Crippen LogP contribution in [0.4, 0.5) is 10.5 Å². The minimum absolute atomic E-state index is 0.197. The molecule has 1 rings (SSSR count). The molecule has 1 unspecified atom stereocenters. The van der Waals surface area contributed by atoms with Crippen molar-refractivity contribution in [3.05, 3.63) is 22.4 Å². The van der Waals surface area contributed by atoms with E-state index in [1.807, 2.05) is 20.8 Å². The van der Waals surface area contributed by atoms with Crippen molar-refractivity contribution < 1.29 is 9.90 Å².